The van der Waals surface area contributed by atoms with E-state index >= 15 is 0 Å². The standard InChI is InChI=1S/C31H50O4/c1-19(17-32)21-9-14-31(20(2)34)16-15-29(5)22(26(21)31)7-8-24-27(3)12-11-25(35)28(4,18-33)23(27)10-13-30(24,29)6/h21-26,32-35H,1-2,7-18H2,3-6H3/t21-,22?,23+,24+,25-,26+,27-,28-,29+,30+,31+/m0/s1. The van der Waals surface area contributed by atoms with Crippen molar-refractivity contribution in [2.45, 2.75) is 98.0 Å². The second-order valence-corrected chi connectivity index (χ2v) is 14.5. The van der Waals surface area contributed by atoms with Crippen molar-refractivity contribution in [1.82, 2.24) is 0 Å². The first-order valence-corrected chi connectivity index (χ1v) is 14.3. The predicted molar refractivity (Wildman–Crippen MR) is 140 cm³/mol. The number of hydrogen-bond donors (Lipinski definition) is 4. The summed E-state index contributed by atoms with van der Waals surface area (Å²) in [6, 6.07) is 0. The molecule has 11 atom stereocenters. The van der Waals surface area contributed by atoms with Gasteiger partial charge in [0.05, 0.1) is 25.1 Å². The molecule has 5 aliphatic rings. The summed E-state index contributed by atoms with van der Waals surface area (Å²) >= 11 is 0. The molecule has 0 aromatic heterocycles. The Morgan fingerprint density at radius 2 is 1.51 bits per heavy atom. The molecule has 5 saturated carbocycles. The van der Waals surface area contributed by atoms with E-state index in [1.807, 2.05) is 0 Å². The van der Waals surface area contributed by atoms with Gasteiger partial charge in [0.2, 0.25) is 0 Å². The van der Waals surface area contributed by atoms with Crippen LogP contribution in [0.3, 0.4) is 0 Å². The van der Waals surface area contributed by atoms with Crippen molar-refractivity contribution in [3.05, 3.63) is 24.5 Å². The number of allylic oxidation sites excluding steroid dienone is 1. The zero-order chi connectivity index (χ0) is 25.6. The molecule has 5 fully saturated rings. The summed E-state index contributed by atoms with van der Waals surface area (Å²) in [4.78, 5) is 0. The molecule has 0 radical (unpaired) electrons. The minimum absolute atomic E-state index is 0.0281. The van der Waals surface area contributed by atoms with Crippen LogP contribution in [0.25, 0.3) is 0 Å². The monoisotopic (exact) mass is 486 g/mol. The van der Waals surface area contributed by atoms with E-state index in [2.05, 4.69) is 40.9 Å². The largest absolute Gasteiger partial charge is 0.512 e. The van der Waals surface area contributed by atoms with Gasteiger partial charge in [-0.05, 0) is 116 Å². The van der Waals surface area contributed by atoms with Crippen LogP contribution in [0.4, 0.5) is 0 Å². The summed E-state index contributed by atoms with van der Waals surface area (Å²) in [5.41, 5.74) is 0.731. The highest BCUT2D eigenvalue weighted by Crippen LogP contribution is 2.78. The Bertz CT molecular complexity index is 898. The molecular weight excluding hydrogens is 436 g/mol. The SMILES string of the molecule is C=C(CO)[C@@H]1CC[C@]2(C(=C)O)CC[C@]3(C)C(CC[C@@H]4[C@@]5(C)CC[C@H](O)[C@@](C)(CO)[C@@H]5CC[C@]43C)[C@@H]12. The Hall–Kier alpha value is -0.840. The Kier molecular flexibility index (Phi) is 5.95. The summed E-state index contributed by atoms with van der Waals surface area (Å²) in [5, 5.41) is 42.4. The second kappa shape index (κ2) is 8.08. The summed E-state index contributed by atoms with van der Waals surface area (Å²) in [6.07, 6.45) is 9.95. The van der Waals surface area contributed by atoms with Crippen LogP contribution in [-0.4, -0.2) is 39.7 Å². The van der Waals surface area contributed by atoms with Gasteiger partial charge in [-0.2, -0.15) is 0 Å². The fourth-order valence-corrected chi connectivity index (χ4v) is 11.7. The lowest BCUT2D eigenvalue weighted by molar-refractivity contribution is -0.253. The highest BCUT2D eigenvalue weighted by molar-refractivity contribution is 5.26. The average molecular weight is 487 g/mol. The van der Waals surface area contributed by atoms with Gasteiger partial charge in [-0.3, -0.25) is 0 Å². The zero-order valence-electron chi connectivity index (χ0n) is 22.7. The number of aliphatic hydroxyl groups excluding tert-OH is 4. The molecular formula is C31H50O4. The zero-order valence-corrected chi connectivity index (χ0v) is 22.7. The molecule has 198 valence electrons. The molecule has 35 heavy (non-hydrogen) atoms. The van der Waals surface area contributed by atoms with Gasteiger partial charge in [-0.1, -0.05) is 40.9 Å². The number of hydrogen-bond acceptors (Lipinski definition) is 4. The van der Waals surface area contributed by atoms with E-state index in [0.29, 0.717) is 29.4 Å². The first-order valence-electron chi connectivity index (χ1n) is 14.3. The Morgan fingerprint density at radius 1 is 0.800 bits per heavy atom. The summed E-state index contributed by atoms with van der Waals surface area (Å²) in [6.45, 7) is 18.2. The molecule has 4 nitrogen and oxygen atoms in total. The minimum atomic E-state index is -0.420. The normalized spacial score (nSPS) is 55.3. The van der Waals surface area contributed by atoms with E-state index in [1.165, 1.54) is 6.42 Å². The molecule has 5 aliphatic carbocycles. The fourth-order valence-electron chi connectivity index (χ4n) is 11.7. The van der Waals surface area contributed by atoms with E-state index in [4.69, 9.17) is 0 Å². The molecule has 0 amide bonds. The highest BCUT2D eigenvalue weighted by Gasteiger charge is 2.71. The highest BCUT2D eigenvalue weighted by atomic mass is 16.3. The van der Waals surface area contributed by atoms with Gasteiger partial charge in [0.15, 0.2) is 0 Å². The maximum Gasteiger partial charge on any atom is 0.0915 e. The number of fused-ring (bicyclic) bond motifs is 7. The summed E-state index contributed by atoms with van der Waals surface area (Å²) < 4.78 is 0. The van der Waals surface area contributed by atoms with Gasteiger partial charge >= 0.3 is 0 Å². The third kappa shape index (κ3) is 3.03. The molecule has 4 heteroatoms. The molecule has 4 N–H and O–H groups in total. The second-order valence-electron chi connectivity index (χ2n) is 14.5. The first-order chi connectivity index (χ1) is 16.4. The molecule has 0 bridgehead atoms. The first kappa shape index (κ1) is 25.8. The van der Waals surface area contributed by atoms with Crippen LogP contribution < -0.4 is 0 Å². The van der Waals surface area contributed by atoms with Crippen molar-refractivity contribution in [2.75, 3.05) is 13.2 Å². The molecule has 0 heterocycles. The smallest absolute Gasteiger partial charge is 0.0915 e. The van der Waals surface area contributed by atoms with Crippen LogP contribution in [0.2, 0.25) is 0 Å². The molecule has 5 rings (SSSR count). The van der Waals surface area contributed by atoms with E-state index < -0.39 is 11.5 Å². The van der Waals surface area contributed by atoms with Crippen LogP contribution >= 0.6 is 0 Å². The maximum atomic E-state index is 11.0. The topological polar surface area (TPSA) is 80.9 Å². The van der Waals surface area contributed by atoms with Crippen LogP contribution in [0, 0.1) is 56.7 Å². The number of rotatable bonds is 4. The van der Waals surface area contributed by atoms with Crippen molar-refractivity contribution in [1.29, 1.82) is 0 Å². The third-order valence-electron chi connectivity index (χ3n) is 13.9. The van der Waals surface area contributed by atoms with E-state index in [9.17, 15) is 20.4 Å². The van der Waals surface area contributed by atoms with Crippen LogP contribution in [0.5, 0.6) is 0 Å². The van der Waals surface area contributed by atoms with Crippen LogP contribution in [0.1, 0.15) is 91.9 Å². The van der Waals surface area contributed by atoms with Gasteiger partial charge < -0.3 is 20.4 Å². The van der Waals surface area contributed by atoms with E-state index in [0.717, 1.165) is 63.4 Å². The Morgan fingerprint density at radius 3 is 2.14 bits per heavy atom. The molecule has 0 aliphatic heterocycles. The van der Waals surface area contributed by atoms with Crippen LogP contribution in [0.15, 0.2) is 24.5 Å². The summed E-state index contributed by atoms with van der Waals surface area (Å²) in [5.74, 6) is 2.31. The molecule has 1 unspecified atom stereocenters. The minimum Gasteiger partial charge on any atom is -0.512 e. The van der Waals surface area contributed by atoms with Gasteiger partial charge in [-0.15, -0.1) is 0 Å². The van der Waals surface area contributed by atoms with Crippen molar-refractivity contribution in [2.24, 2.45) is 56.7 Å². The maximum absolute atomic E-state index is 11.0. The molecule has 0 aromatic rings. The molecule has 0 spiro atoms. The van der Waals surface area contributed by atoms with Gasteiger partial charge in [0, 0.05) is 10.8 Å². The van der Waals surface area contributed by atoms with E-state index in [-0.39, 0.29) is 40.8 Å². The lowest BCUT2D eigenvalue weighted by Gasteiger charge is -2.73. The predicted octanol–water partition coefficient (Wildman–Crippen LogP) is 6.02. The van der Waals surface area contributed by atoms with E-state index in [1.54, 1.807) is 0 Å². The van der Waals surface area contributed by atoms with Crippen molar-refractivity contribution >= 4 is 0 Å². The average Bonchev–Trinajstić information content (AvgIpc) is 3.23. The fraction of sp³-hybridized carbons (Fsp3) is 0.871. The molecule has 0 aromatic carbocycles. The van der Waals surface area contributed by atoms with Gasteiger partial charge in [0.1, 0.15) is 0 Å². The summed E-state index contributed by atoms with van der Waals surface area (Å²) in [7, 11) is 0. The molecule has 0 saturated heterocycles. The Labute approximate surface area is 212 Å². The van der Waals surface area contributed by atoms with Gasteiger partial charge in [-0.25, -0.2) is 0 Å². The third-order valence-corrected chi connectivity index (χ3v) is 13.9. The van der Waals surface area contributed by atoms with Gasteiger partial charge in [0.25, 0.3) is 0 Å². The van der Waals surface area contributed by atoms with Crippen LogP contribution in [-0.2, 0) is 0 Å². The van der Waals surface area contributed by atoms with Crippen molar-refractivity contribution in [3.8, 4) is 0 Å². The lowest BCUT2D eigenvalue weighted by atomic mass is 9.32. The van der Waals surface area contributed by atoms with Crippen molar-refractivity contribution < 1.29 is 20.4 Å². The number of aliphatic hydroxyl groups is 4. The Balaban J connectivity index is 1.56. The lowest BCUT2D eigenvalue weighted by Crippen LogP contribution is -2.67. The van der Waals surface area contributed by atoms with Crippen molar-refractivity contribution in [3.63, 3.8) is 0 Å². The quantitative estimate of drug-likeness (QED) is 0.289.